The van der Waals surface area contributed by atoms with Gasteiger partial charge >= 0.3 is 0 Å². The first kappa shape index (κ1) is 12.1. The minimum absolute atomic E-state index is 0.0677. The van der Waals surface area contributed by atoms with E-state index in [1.165, 1.54) is 0 Å². The SMILES string of the molecule is O=c1cc(N2CCC(OCCO)CC2)cn[nH]1. The highest BCUT2D eigenvalue weighted by atomic mass is 16.5. The molecule has 17 heavy (non-hydrogen) atoms. The minimum Gasteiger partial charge on any atom is -0.394 e. The normalized spacial score (nSPS) is 17.4. The van der Waals surface area contributed by atoms with Crippen LogP contribution < -0.4 is 10.5 Å². The lowest BCUT2D eigenvalue weighted by Gasteiger charge is -2.32. The lowest BCUT2D eigenvalue weighted by molar-refractivity contribution is 0.0159. The van der Waals surface area contributed by atoms with Gasteiger partial charge in [0.2, 0.25) is 0 Å². The summed E-state index contributed by atoms with van der Waals surface area (Å²) >= 11 is 0. The lowest BCUT2D eigenvalue weighted by atomic mass is 10.1. The second-order valence-corrected chi connectivity index (χ2v) is 4.08. The first-order valence-corrected chi connectivity index (χ1v) is 5.82. The summed E-state index contributed by atoms with van der Waals surface area (Å²) in [6, 6.07) is 1.56. The summed E-state index contributed by atoms with van der Waals surface area (Å²) < 4.78 is 5.48. The number of piperidine rings is 1. The van der Waals surface area contributed by atoms with E-state index in [2.05, 4.69) is 15.1 Å². The number of rotatable bonds is 4. The quantitative estimate of drug-likeness (QED) is 0.757. The predicted octanol–water partition coefficient (Wildman–Crippen LogP) is -0.252. The van der Waals surface area contributed by atoms with Crippen LogP contribution in [-0.4, -0.2) is 47.7 Å². The Hall–Kier alpha value is -1.40. The zero-order valence-corrected chi connectivity index (χ0v) is 9.63. The van der Waals surface area contributed by atoms with Crippen molar-refractivity contribution < 1.29 is 9.84 Å². The van der Waals surface area contributed by atoms with Crippen molar-refractivity contribution in [1.82, 2.24) is 10.2 Å². The maximum atomic E-state index is 11.1. The fourth-order valence-electron chi connectivity index (χ4n) is 2.04. The number of hydrogen-bond donors (Lipinski definition) is 2. The van der Waals surface area contributed by atoms with Crippen molar-refractivity contribution in [2.24, 2.45) is 0 Å². The molecule has 1 aromatic heterocycles. The van der Waals surface area contributed by atoms with Gasteiger partial charge in [-0.3, -0.25) is 4.79 Å². The molecule has 0 bridgehead atoms. The molecule has 0 amide bonds. The van der Waals surface area contributed by atoms with Crippen molar-refractivity contribution in [3.8, 4) is 0 Å². The molecule has 0 radical (unpaired) electrons. The molecule has 1 aromatic rings. The minimum atomic E-state index is -0.179. The van der Waals surface area contributed by atoms with Crippen molar-refractivity contribution in [2.45, 2.75) is 18.9 Å². The van der Waals surface area contributed by atoms with Crippen molar-refractivity contribution in [2.75, 3.05) is 31.2 Å². The Bertz CT molecular complexity index is 399. The molecule has 2 heterocycles. The zero-order valence-electron chi connectivity index (χ0n) is 9.63. The third-order valence-corrected chi connectivity index (χ3v) is 2.90. The van der Waals surface area contributed by atoms with Gasteiger partial charge in [0.05, 0.1) is 31.2 Å². The van der Waals surface area contributed by atoms with E-state index in [9.17, 15) is 4.79 Å². The maximum Gasteiger partial charge on any atom is 0.266 e. The summed E-state index contributed by atoms with van der Waals surface area (Å²) in [4.78, 5) is 13.3. The second kappa shape index (κ2) is 5.79. The molecule has 0 aliphatic carbocycles. The van der Waals surface area contributed by atoms with E-state index in [0.717, 1.165) is 31.6 Å². The third kappa shape index (κ3) is 3.28. The Labute approximate surface area is 99.2 Å². The number of anilines is 1. The number of aliphatic hydroxyl groups excluding tert-OH is 1. The van der Waals surface area contributed by atoms with Crippen LogP contribution in [0.1, 0.15) is 12.8 Å². The van der Waals surface area contributed by atoms with Crippen LogP contribution in [0.2, 0.25) is 0 Å². The number of nitrogens with zero attached hydrogens (tertiary/aromatic N) is 2. The fourth-order valence-corrected chi connectivity index (χ4v) is 2.04. The lowest BCUT2D eigenvalue weighted by Crippen LogP contribution is -2.37. The zero-order chi connectivity index (χ0) is 12.1. The Kier molecular flexibility index (Phi) is 4.11. The van der Waals surface area contributed by atoms with E-state index >= 15 is 0 Å². The molecule has 6 heteroatoms. The predicted molar refractivity (Wildman–Crippen MR) is 63.1 cm³/mol. The maximum absolute atomic E-state index is 11.1. The molecular weight excluding hydrogens is 222 g/mol. The average molecular weight is 239 g/mol. The van der Waals surface area contributed by atoms with Crippen LogP contribution in [0, 0.1) is 0 Å². The number of H-pyrrole nitrogens is 1. The van der Waals surface area contributed by atoms with Crippen LogP contribution in [0.15, 0.2) is 17.1 Å². The molecule has 1 aliphatic heterocycles. The number of aromatic nitrogens is 2. The number of aliphatic hydroxyl groups is 1. The molecular formula is C11H17N3O3. The highest BCUT2D eigenvalue weighted by Crippen LogP contribution is 2.19. The highest BCUT2D eigenvalue weighted by Gasteiger charge is 2.19. The summed E-state index contributed by atoms with van der Waals surface area (Å²) in [6.07, 6.45) is 3.70. The third-order valence-electron chi connectivity index (χ3n) is 2.90. The first-order chi connectivity index (χ1) is 8.29. The summed E-state index contributed by atoms with van der Waals surface area (Å²) in [5.41, 5.74) is 0.676. The largest absolute Gasteiger partial charge is 0.394 e. The molecule has 0 unspecified atom stereocenters. The van der Waals surface area contributed by atoms with Crippen molar-refractivity contribution in [1.29, 1.82) is 0 Å². The van der Waals surface area contributed by atoms with Gasteiger partial charge in [0.1, 0.15) is 0 Å². The van der Waals surface area contributed by atoms with Crippen molar-refractivity contribution in [3.05, 3.63) is 22.6 Å². The van der Waals surface area contributed by atoms with Gasteiger partial charge in [0, 0.05) is 19.2 Å². The van der Waals surface area contributed by atoms with E-state index in [1.54, 1.807) is 12.3 Å². The molecule has 1 saturated heterocycles. The van der Waals surface area contributed by atoms with Crippen molar-refractivity contribution in [3.63, 3.8) is 0 Å². The standard InChI is InChI=1S/C11H17N3O3/c15-5-6-17-10-1-3-14(4-2-10)9-7-11(16)13-12-8-9/h7-8,10,15H,1-6H2,(H,13,16). The fraction of sp³-hybridized carbons (Fsp3) is 0.636. The number of nitrogens with one attached hydrogen (secondary N) is 1. The average Bonchev–Trinajstić information content (AvgIpc) is 2.37. The van der Waals surface area contributed by atoms with Gasteiger partial charge < -0.3 is 14.7 Å². The topological polar surface area (TPSA) is 78.5 Å². The Morgan fingerprint density at radius 3 is 2.94 bits per heavy atom. The summed E-state index contributed by atoms with van der Waals surface area (Å²) in [7, 11) is 0. The van der Waals surface area contributed by atoms with Crippen molar-refractivity contribution >= 4 is 5.69 Å². The molecule has 0 atom stereocenters. The van der Waals surface area contributed by atoms with Gasteiger partial charge in [-0.25, -0.2) is 5.10 Å². The molecule has 6 nitrogen and oxygen atoms in total. The molecule has 2 rings (SSSR count). The van der Waals surface area contributed by atoms with Crippen LogP contribution >= 0.6 is 0 Å². The summed E-state index contributed by atoms with van der Waals surface area (Å²) in [5.74, 6) is 0. The number of ether oxygens (including phenoxy) is 1. The second-order valence-electron chi connectivity index (χ2n) is 4.08. The van der Waals surface area contributed by atoms with E-state index < -0.39 is 0 Å². The van der Waals surface area contributed by atoms with Crippen LogP contribution in [0.4, 0.5) is 5.69 Å². The Balaban J connectivity index is 1.88. The molecule has 2 N–H and O–H groups in total. The van der Waals surface area contributed by atoms with Gasteiger partial charge in [-0.15, -0.1) is 0 Å². The first-order valence-electron chi connectivity index (χ1n) is 5.82. The van der Waals surface area contributed by atoms with Crippen LogP contribution in [0.25, 0.3) is 0 Å². The number of hydrogen-bond acceptors (Lipinski definition) is 5. The van der Waals surface area contributed by atoms with Gasteiger partial charge in [-0.05, 0) is 12.8 Å². The molecule has 0 spiro atoms. The highest BCUT2D eigenvalue weighted by molar-refractivity contribution is 5.43. The monoisotopic (exact) mass is 239 g/mol. The molecule has 94 valence electrons. The molecule has 1 fully saturated rings. The van der Waals surface area contributed by atoms with Gasteiger partial charge in [0.15, 0.2) is 0 Å². The van der Waals surface area contributed by atoms with Crippen LogP contribution in [0.3, 0.4) is 0 Å². The van der Waals surface area contributed by atoms with Gasteiger partial charge in [-0.1, -0.05) is 0 Å². The Morgan fingerprint density at radius 1 is 1.53 bits per heavy atom. The smallest absolute Gasteiger partial charge is 0.266 e. The summed E-state index contributed by atoms with van der Waals surface area (Å²) in [5, 5.41) is 14.8. The van der Waals surface area contributed by atoms with E-state index in [-0.39, 0.29) is 18.3 Å². The van der Waals surface area contributed by atoms with Crippen LogP contribution in [-0.2, 0) is 4.74 Å². The van der Waals surface area contributed by atoms with Crippen LogP contribution in [0.5, 0.6) is 0 Å². The Morgan fingerprint density at radius 2 is 2.29 bits per heavy atom. The van der Waals surface area contributed by atoms with Gasteiger partial charge in [0.25, 0.3) is 5.56 Å². The van der Waals surface area contributed by atoms with E-state index in [4.69, 9.17) is 9.84 Å². The molecule has 1 aliphatic rings. The number of aromatic amines is 1. The van der Waals surface area contributed by atoms with E-state index in [1.807, 2.05) is 0 Å². The van der Waals surface area contributed by atoms with Gasteiger partial charge in [-0.2, -0.15) is 5.10 Å². The summed E-state index contributed by atoms with van der Waals surface area (Å²) in [6.45, 7) is 2.16. The molecule has 0 saturated carbocycles. The van der Waals surface area contributed by atoms with E-state index in [0.29, 0.717) is 6.61 Å². The molecule has 0 aromatic carbocycles.